The van der Waals surface area contributed by atoms with Gasteiger partial charge in [0.1, 0.15) is 6.04 Å². The van der Waals surface area contributed by atoms with Crippen LogP contribution in [0.4, 0.5) is 16.2 Å². The van der Waals surface area contributed by atoms with E-state index in [2.05, 4.69) is 21.3 Å². The lowest BCUT2D eigenvalue weighted by Gasteiger charge is -2.22. The van der Waals surface area contributed by atoms with Gasteiger partial charge in [0.25, 0.3) is 5.91 Å². The Bertz CT molecular complexity index is 861. The Labute approximate surface area is 170 Å². The molecule has 0 bridgehead atoms. The fraction of sp³-hybridized carbons (Fsp3) is 0.318. The van der Waals surface area contributed by atoms with Crippen LogP contribution in [0, 0.1) is 5.92 Å². The minimum atomic E-state index is -0.676. The maximum atomic E-state index is 12.7. The van der Waals surface area contributed by atoms with Crippen LogP contribution in [0.2, 0.25) is 0 Å². The highest BCUT2D eigenvalue weighted by atomic mass is 16.2. The maximum Gasteiger partial charge on any atom is 0.319 e. The van der Waals surface area contributed by atoms with Crippen LogP contribution in [0.15, 0.2) is 54.6 Å². The summed E-state index contributed by atoms with van der Waals surface area (Å²) >= 11 is 0. The molecule has 4 N–H and O–H groups in total. The summed E-state index contributed by atoms with van der Waals surface area (Å²) < 4.78 is 0. The highest BCUT2D eigenvalue weighted by Crippen LogP contribution is 2.19. The van der Waals surface area contributed by atoms with Crippen molar-refractivity contribution in [1.82, 2.24) is 10.6 Å². The fourth-order valence-corrected chi connectivity index (χ4v) is 2.79. The zero-order valence-electron chi connectivity index (χ0n) is 16.6. The van der Waals surface area contributed by atoms with E-state index < -0.39 is 6.04 Å². The van der Waals surface area contributed by atoms with Crippen molar-refractivity contribution in [3.8, 4) is 0 Å². The lowest BCUT2D eigenvalue weighted by molar-refractivity contribution is -0.118. The standard InChI is InChI=1S/C22H26N4O3/c1-14(2)19(26-20(27)15-6-4-3-5-7-15)21(28)23-16-8-10-17(11-9-16)24-22(29)25-18-12-13-18/h3-11,14,18-19H,12-13H2,1-2H3,(H,23,28)(H,26,27)(H2,24,25,29). The first-order chi connectivity index (χ1) is 13.9. The normalized spacial score (nSPS) is 14.0. The third kappa shape index (κ3) is 6.07. The molecule has 0 radical (unpaired) electrons. The molecule has 0 saturated heterocycles. The molecule has 1 fully saturated rings. The van der Waals surface area contributed by atoms with Crippen molar-refractivity contribution >= 4 is 29.2 Å². The van der Waals surface area contributed by atoms with E-state index in [1.54, 1.807) is 48.5 Å². The highest BCUT2D eigenvalue weighted by molar-refractivity contribution is 6.01. The van der Waals surface area contributed by atoms with Gasteiger partial charge in [-0.05, 0) is 55.2 Å². The molecule has 4 amide bonds. The van der Waals surface area contributed by atoms with E-state index in [0.717, 1.165) is 12.8 Å². The first kappa shape index (κ1) is 20.4. The van der Waals surface area contributed by atoms with E-state index in [1.165, 1.54) is 0 Å². The third-order valence-corrected chi connectivity index (χ3v) is 4.59. The predicted molar refractivity (Wildman–Crippen MR) is 113 cm³/mol. The summed E-state index contributed by atoms with van der Waals surface area (Å²) in [4.78, 5) is 36.9. The summed E-state index contributed by atoms with van der Waals surface area (Å²) in [6.45, 7) is 3.75. The largest absolute Gasteiger partial charge is 0.340 e. The summed E-state index contributed by atoms with van der Waals surface area (Å²) in [5.41, 5.74) is 1.73. The molecule has 7 nitrogen and oxygen atoms in total. The van der Waals surface area contributed by atoms with Gasteiger partial charge in [0.2, 0.25) is 5.91 Å². The van der Waals surface area contributed by atoms with Crippen LogP contribution in [-0.4, -0.2) is 29.9 Å². The van der Waals surface area contributed by atoms with Crippen molar-refractivity contribution < 1.29 is 14.4 Å². The Morgan fingerprint density at radius 2 is 1.45 bits per heavy atom. The van der Waals surface area contributed by atoms with Gasteiger partial charge >= 0.3 is 6.03 Å². The minimum absolute atomic E-state index is 0.0882. The number of anilines is 2. The summed E-state index contributed by atoms with van der Waals surface area (Å²) in [6.07, 6.45) is 2.05. The van der Waals surface area contributed by atoms with Crippen molar-refractivity contribution in [2.45, 2.75) is 38.8 Å². The molecule has 29 heavy (non-hydrogen) atoms. The van der Waals surface area contributed by atoms with Crippen LogP contribution in [0.3, 0.4) is 0 Å². The number of nitrogens with one attached hydrogen (secondary N) is 4. The monoisotopic (exact) mass is 394 g/mol. The number of carbonyl (C=O) groups excluding carboxylic acids is 3. The second-order valence-corrected chi connectivity index (χ2v) is 7.50. The number of carbonyl (C=O) groups is 3. The second kappa shape index (κ2) is 9.23. The molecule has 0 aromatic heterocycles. The van der Waals surface area contributed by atoms with Gasteiger partial charge < -0.3 is 21.3 Å². The zero-order valence-corrected chi connectivity index (χ0v) is 16.6. The quantitative estimate of drug-likeness (QED) is 0.579. The van der Waals surface area contributed by atoms with Crippen molar-refractivity contribution in [2.24, 2.45) is 5.92 Å². The molecule has 1 aliphatic carbocycles. The van der Waals surface area contributed by atoms with Crippen LogP contribution in [0.1, 0.15) is 37.0 Å². The van der Waals surface area contributed by atoms with Crippen LogP contribution >= 0.6 is 0 Å². The lowest BCUT2D eigenvalue weighted by Crippen LogP contribution is -2.47. The average molecular weight is 394 g/mol. The van der Waals surface area contributed by atoms with Gasteiger partial charge in [-0.2, -0.15) is 0 Å². The SMILES string of the molecule is CC(C)C(NC(=O)c1ccccc1)C(=O)Nc1ccc(NC(=O)NC2CC2)cc1. The Kier molecular flexibility index (Phi) is 6.49. The van der Waals surface area contributed by atoms with Crippen LogP contribution in [-0.2, 0) is 4.79 Å². The van der Waals surface area contributed by atoms with Crippen molar-refractivity contribution in [3.05, 3.63) is 60.2 Å². The third-order valence-electron chi connectivity index (χ3n) is 4.59. The molecular weight excluding hydrogens is 368 g/mol. The number of amides is 4. The van der Waals surface area contributed by atoms with E-state index >= 15 is 0 Å². The molecule has 7 heteroatoms. The van der Waals surface area contributed by atoms with Gasteiger partial charge in [-0.1, -0.05) is 32.0 Å². The molecule has 1 unspecified atom stereocenters. The molecule has 0 spiro atoms. The van der Waals surface area contributed by atoms with Crippen molar-refractivity contribution in [2.75, 3.05) is 10.6 Å². The van der Waals surface area contributed by atoms with E-state index in [-0.39, 0.29) is 29.8 Å². The first-order valence-corrected chi connectivity index (χ1v) is 9.76. The van der Waals surface area contributed by atoms with Crippen LogP contribution in [0.5, 0.6) is 0 Å². The molecular formula is C22H26N4O3. The van der Waals surface area contributed by atoms with E-state index in [4.69, 9.17) is 0 Å². The summed E-state index contributed by atoms with van der Waals surface area (Å²) in [5.74, 6) is -0.674. The maximum absolute atomic E-state index is 12.7. The Morgan fingerprint density at radius 1 is 0.862 bits per heavy atom. The average Bonchev–Trinajstić information content (AvgIpc) is 3.51. The molecule has 1 atom stereocenters. The highest BCUT2D eigenvalue weighted by Gasteiger charge is 2.25. The fourth-order valence-electron chi connectivity index (χ4n) is 2.79. The Balaban J connectivity index is 1.57. The minimum Gasteiger partial charge on any atom is -0.340 e. The van der Waals surface area contributed by atoms with Crippen molar-refractivity contribution in [1.29, 1.82) is 0 Å². The smallest absolute Gasteiger partial charge is 0.319 e. The van der Waals surface area contributed by atoms with E-state index in [1.807, 2.05) is 19.9 Å². The number of benzene rings is 2. The van der Waals surface area contributed by atoms with E-state index in [0.29, 0.717) is 16.9 Å². The second-order valence-electron chi connectivity index (χ2n) is 7.50. The molecule has 0 heterocycles. The van der Waals surface area contributed by atoms with Gasteiger partial charge in [0, 0.05) is 23.0 Å². The molecule has 1 aliphatic rings. The van der Waals surface area contributed by atoms with Gasteiger partial charge in [-0.25, -0.2) is 4.79 Å². The molecule has 152 valence electrons. The van der Waals surface area contributed by atoms with Gasteiger partial charge in [-0.3, -0.25) is 9.59 Å². The molecule has 2 aromatic rings. The van der Waals surface area contributed by atoms with Gasteiger partial charge in [-0.15, -0.1) is 0 Å². The molecule has 2 aromatic carbocycles. The zero-order chi connectivity index (χ0) is 20.8. The summed E-state index contributed by atoms with van der Waals surface area (Å²) in [7, 11) is 0. The predicted octanol–water partition coefficient (Wildman–Crippen LogP) is 3.36. The van der Waals surface area contributed by atoms with Gasteiger partial charge in [0.15, 0.2) is 0 Å². The number of hydrogen-bond acceptors (Lipinski definition) is 3. The Hall–Kier alpha value is -3.35. The molecule has 0 aliphatic heterocycles. The van der Waals surface area contributed by atoms with Crippen molar-refractivity contribution in [3.63, 3.8) is 0 Å². The molecule has 1 saturated carbocycles. The van der Waals surface area contributed by atoms with Crippen LogP contribution in [0.25, 0.3) is 0 Å². The summed E-state index contributed by atoms with van der Waals surface area (Å²) in [5, 5.41) is 11.2. The molecule has 3 rings (SSSR count). The Morgan fingerprint density at radius 3 is 2.00 bits per heavy atom. The van der Waals surface area contributed by atoms with Crippen LogP contribution < -0.4 is 21.3 Å². The number of urea groups is 1. The van der Waals surface area contributed by atoms with E-state index in [9.17, 15) is 14.4 Å². The topological polar surface area (TPSA) is 99.3 Å². The summed E-state index contributed by atoms with van der Waals surface area (Å²) in [6, 6.07) is 15.0. The first-order valence-electron chi connectivity index (χ1n) is 9.76. The lowest BCUT2D eigenvalue weighted by atomic mass is 10.0. The number of hydrogen-bond donors (Lipinski definition) is 4. The van der Waals surface area contributed by atoms with Gasteiger partial charge in [0.05, 0.1) is 0 Å². The number of rotatable bonds is 7.